The Labute approximate surface area is 156 Å². The van der Waals surface area contributed by atoms with E-state index in [0.717, 1.165) is 32.5 Å². The Bertz CT molecular complexity index is 902. The number of aromatic nitrogens is 2. The third kappa shape index (κ3) is 4.00. The summed E-state index contributed by atoms with van der Waals surface area (Å²) in [6, 6.07) is 17.1. The fourth-order valence-electron chi connectivity index (χ4n) is 4.02. The highest BCUT2D eigenvalue weighted by Gasteiger charge is 2.38. The number of halogens is 3. The van der Waals surface area contributed by atoms with Crippen molar-refractivity contribution in [3.63, 3.8) is 0 Å². The molecular formula is C21H22F3N3. The normalized spacial score (nSPS) is 18.9. The molecule has 1 atom stereocenters. The van der Waals surface area contributed by atoms with Gasteiger partial charge in [0.05, 0.1) is 11.0 Å². The molecule has 6 heteroatoms. The van der Waals surface area contributed by atoms with Gasteiger partial charge in [0.15, 0.2) is 0 Å². The Morgan fingerprint density at radius 2 is 1.74 bits per heavy atom. The summed E-state index contributed by atoms with van der Waals surface area (Å²) in [6.07, 6.45) is -2.50. The summed E-state index contributed by atoms with van der Waals surface area (Å²) >= 11 is 0. The van der Waals surface area contributed by atoms with E-state index in [9.17, 15) is 13.2 Å². The van der Waals surface area contributed by atoms with Gasteiger partial charge in [-0.1, -0.05) is 42.5 Å². The first-order valence-corrected chi connectivity index (χ1v) is 9.29. The van der Waals surface area contributed by atoms with Gasteiger partial charge >= 0.3 is 6.18 Å². The maximum atomic E-state index is 13.5. The number of para-hydroxylation sites is 2. The van der Waals surface area contributed by atoms with Gasteiger partial charge in [0.1, 0.15) is 0 Å². The molecule has 142 valence electrons. The largest absolute Gasteiger partial charge is 0.449 e. The average Bonchev–Trinajstić information content (AvgIpc) is 3.02. The maximum Gasteiger partial charge on any atom is 0.449 e. The first kappa shape index (κ1) is 18.0. The summed E-state index contributed by atoms with van der Waals surface area (Å²) in [5.41, 5.74) is 2.20. The highest BCUT2D eigenvalue weighted by molar-refractivity contribution is 5.76. The average molecular weight is 373 g/mol. The molecule has 1 fully saturated rings. The highest BCUT2D eigenvalue weighted by atomic mass is 19.4. The summed E-state index contributed by atoms with van der Waals surface area (Å²) in [4.78, 5) is 6.20. The van der Waals surface area contributed by atoms with Gasteiger partial charge in [0.2, 0.25) is 5.82 Å². The third-order valence-corrected chi connectivity index (χ3v) is 5.20. The van der Waals surface area contributed by atoms with Crippen LogP contribution in [0.3, 0.4) is 0 Å². The van der Waals surface area contributed by atoms with Crippen molar-refractivity contribution in [3.05, 3.63) is 66.0 Å². The van der Waals surface area contributed by atoms with Crippen molar-refractivity contribution >= 4 is 11.0 Å². The van der Waals surface area contributed by atoms with E-state index in [1.165, 1.54) is 10.1 Å². The second-order valence-corrected chi connectivity index (χ2v) is 7.26. The second-order valence-electron chi connectivity index (χ2n) is 7.26. The molecule has 0 bridgehead atoms. The minimum atomic E-state index is -4.45. The monoisotopic (exact) mass is 373 g/mol. The van der Waals surface area contributed by atoms with E-state index < -0.39 is 12.0 Å². The van der Waals surface area contributed by atoms with Crippen LogP contribution < -0.4 is 0 Å². The van der Waals surface area contributed by atoms with Crippen LogP contribution in [0.15, 0.2) is 54.6 Å². The number of benzene rings is 2. The number of hydrogen-bond donors (Lipinski definition) is 0. The molecule has 0 aliphatic carbocycles. The summed E-state index contributed by atoms with van der Waals surface area (Å²) < 4.78 is 41.9. The number of fused-ring (bicyclic) bond motifs is 1. The van der Waals surface area contributed by atoms with E-state index in [2.05, 4.69) is 22.0 Å². The SMILES string of the molecule is FC(F)(F)c1nc2ccccc2n1CC1CCCN(Cc2ccccc2)C1. The van der Waals surface area contributed by atoms with Crippen molar-refractivity contribution in [2.45, 2.75) is 32.1 Å². The number of piperidine rings is 1. The van der Waals surface area contributed by atoms with Crippen LogP contribution >= 0.6 is 0 Å². The van der Waals surface area contributed by atoms with Crippen LogP contribution in [0.4, 0.5) is 13.2 Å². The predicted molar refractivity (Wildman–Crippen MR) is 99.2 cm³/mol. The van der Waals surface area contributed by atoms with Crippen LogP contribution in [0, 0.1) is 5.92 Å². The van der Waals surface area contributed by atoms with Crippen LogP contribution in [0.5, 0.6) is 0 Å². The van der Waals surface area contributed by atoms with Gasteiger partial charge in [0, 0.05) is 19.6 Å². The van der Waals surface area contributed by atoms with Crippen molar-refractivity contribution in [3.8, 4) is 0 Å². The lowest BCUT2D eigenvalue weighted by molar-refractivity contribution is -0.147. The molecule has 1 saturated heterocycles. The van der Waals surface area contributed by atoms with Crippen LogP contribution in [0.25, 0.3) is 11.0 Å². The molecule has 3 nitrogen and oxygen atoms in total. The van der Waals surface area contributed by atoms with Crippen molar-refractivity contribution in [1.82, 2.24) is 14.5 Å². The van der Waals surface area contributed by atoms with E-state index in [0.29, 0.717) is 17.6 Å². The molecule has 0 amide bonds. The Morgan fingerprint density at radius 1 is 1.00 bits per heavy atom. The highest BCUT2D eigenvalue weighted by Crippen LogP contribution is 2.33. The van der Waals surface area contributed by atoms with Gasteiger partial charge in [0.25, 0.3) is 0 Å². The fourth-order valence-corrected chi connectivity index (χ4v) is 4.02. The Balaban J connectivity index is 1.55. The second kappa shape index (κ2) is 7.35. The zero-order valence-electron chi connectivity index (χ0n) is 15.0. The van der Waals surface area contributed by atoms with Crippen molar-refractivity contribution in [2.24, 2.45) is 5.92 Å². The first-order valence-electron chi connectivity index (χ1n) is 9.29. The molecule has 1 aliphatic heterocycles. The molecule has 4 rings (SSSR count). The van der Waals surface area contributed by atoms with Gasteiger partial charge in [-0.15, -0.1) is 0 Å². The van der Waals surface area contributed by atoms with Crippen molar-refractivity contribution in [2.75, 3.05) is 13.1 Å². The number of nitrogens with zero attached hydrogens (tertiary/aromatic N) is 3. The molecule has 0 N–H and O–H groups in total. The van der Waals surface area contributed by atoms with E-state index in [4.69, 9.17) is 0 Å². The number of rotatable bonds is 4. The Hall–Kier alpha value is -2.34. The minimum absolute atomic E-state index is 0.182. The zero-order chi connectivity index (χ0) is 18.9. The predicted octanol–water partition coefficient (Wildman–Crippen LogP) is 4.97. The molecule has 0 spiro atoms. The Morgan fingerprint density at radius 3 is 2.52 bits per heavy atom. The van der Waals surface area contributed by atoms with Crippen LogP contribution in [0.2, 0.25) is 0 Å². The van der Waals surface area contributed by atoms with Crippen LogP contribution in [0.1, 0.15) is 24.2 Å². The molecule has 27 heavy (non-hydrogen) atoms. The Kier molecular flexibility index (Phi) is 4.91. The molecule has 0 radical (unpaired) electrons. The maximum absolute atomic E-state index is 13.5. The molecular weight excluding hydrogens is 351 g/mol. The van der Waals surface area contributed by atoms with Crippen LogP contribution in [-0.4, -0.2) is 27.5 Å². The van der Waals surface area contributed by atoms with Gasteiger partial charge in [-0.05, 0) is 43.0 Å². The molecule has 3 aromatic rings. The number of imidazole rings is 1. The first-order chi connectivity index (χ1) is 13.0. The van der Waals surface area contributed by atoms with Crippen LogP contribution in [-0.2, 0) is 19.3 Å². The molecule has 1 aromatic heterocycles. The summed E-state index contributed by atoms with van der Waals surface area (Å²) in [5, 5.41) is 0. The smallest absolute Gasteiger partial charge is 0.320 e. The zero-order valence-corrected chi connectivity index (χ0v) is 15.0. The summed E-state index contributed by atoms with van der Waals surface area (Å²) in [5.74, 6) is -0.606. The van der Waals surface area contributed by atoms with E-state index >= 15 is 0 Å². The number of alkyl halides is 3. The van der Waals surface area contributed by atoms with Gasteiger partial charge < -0.3 is 4.57 Å². The van der Waals surface area contributed by atoms with Gasteiger partial charge in [-0.3, -0.25) is 4.90 Å². The number of hydrogen-bond acceptors (Lipinski definition) is 2. The van der Waals surface area contributed by atoms with Gasteiger partial charge in [-0.25, -0.2) is 4.98 Å². The van der Waals surface area contributed by atoms with Crippen molar-refractivity contribution in [1.29, 1.82) is 0 Å². The lowest BCUT2D eigenvalue weighted by Crippen LogP contribution is -2.37. The fraction of sp³-hybridized carbons (Fsp3) is 0.381. The lowest BCUT2D eigenvalue weighted by atomic mass is 9.97. The number of likely N-dealkylation sites (tertiary alicyclic amines) is 1. The molecule has 2 heterocycles. The van der Waals surface area contributed by atoms with Gasteiger partial charge in [-0.2, -0.15) is 13.2 Å². The minimum Gasteiger partial charge on any atom is -0.320 e. The summed E-state index contributed by atoms with van der Waals surface area (Å²) in [7, 11) is 0. The molecule has 1 unspecified atom stereocenters. The quantitative estimate of drug-likeness (QED) is 0.644. The van der Waals surface area contributed by atoms with E-state index in [1.54, 1.807) is 24.3 Å². The lowest BCUT2D eigenvalue weighted by Gasteiger charge is -2.33. The van der Waals surface area contributed by atoms with E-state index in [1.807, 2.05) is 18.2 Å². The van der Waals surface area contributed by atoms with Crippen molar-refractivity contribution < 1.29 is 13.2 Å². The molecule has 2 aromatic carbocycles. The topological polar surface area (TPSA) is 21.1 Å². The van der Waals surface area contributed by atoms with E-state index in [-0.39, 0.29) is 5.92 Å². The molecule has 0 saturated carbocycles. The summed E-state index contributed by atoms with van der Waals surface area (Å²) in [6.45, 7) is 2.98. The molecule has 1 aliphatic rings. The third-order valence-electron chi connectivity index (χ3n) is 5.20. The standard InChI is InChI=1S/C21H22F3N3/c22-21(23,24)20-25-18-10-4-5-11-19(18)27(20)15-17-9-6-12-26(14-17)13-16-7-2-1-3-8-16/h1-5,7-8,10-11,17H,6,9,12-15H2.